The summed E-state index contributed by atoms with van der Waals surface area (Å²) in [6.45, 7) is 4.27. The first kappa shape index (κ1) is 23.2. The first-order valence-electron chi connectivity index (χ1n) is 9.88. The number of rotatable bonds is 9. The Morgan fingerprint density at radius 3 is 2.50 bits per heavy atom. The number of hydrogen-bond donors (Lipinski definition) is 2. The van der Waals surface area contributed by atoms with Gasteiger partial charge < -0.3 is 14.8 Å². The first-order chi connectivity index (χ1) is 15.3. The molecule has 1 heterocycles. The number of aromatic nitrogens is 1. The highest BCUT2D eigenvalue weighted by Gasteiger charge is 2.18. The molecule has 0 atom stereocenters. The Kier molecular flexibility index (Phi) is 7.45. The lowest BCUT2D eigenvalue weighted by Gasteiger charge is -2.12. The molecule has 0 spiro atoms. The molecule has 1 aromatic heterocycles. The number of anilines is 2. The van der Waals surface area contributed by atoms with E-state index in [2.05, 4.69) is 15.0 Å². The number of carbonyl (C=O) groups is 1. The lowest BCUT2D eigenvalue weighted by Crippen LogP contribution is -2.16. The van der Waals surface area contributed by atoms with Crippen molar-refractivity contribution in [3.05, 3.63) is 77.5 Å². The van der Waals surface area contributed by atoms with Crippen LogP contribution in [0.3, 0.4) is 0 Å². The molecule has 0 saturated carbocycles. The van der Waals surface area contributed by atoms with Gasteiger partial charge in [0, 0.05) is 24.6 Å². The molecule has 0 aliphatic carbocycles. The molecule has 3 rings (SSSR count). The number of aryl methyl sites for hydroxylation is 2. The topological polar surface area (TPSA) is 107 Å². The monoisotopic (exact) mass is 455 g/mol. The number of carbonyl (C=O) groups excluding carboxylic acids is 1. The van der Waals surface area contributed by atoms with Gasteiger partial charge in [0.2, 0.25) is 5.88 Å². The third kappa shape index (κ3) is 5.83. The second kappa shape index (κ2) is 10.3. The Balaban J connectivity index is 1.71. The maximum absolute atomic E-state index is 12.8. The van der Waals surface area contributed by atoms with E-state index in [4.69, 9.17) is 9.47 Å². The SMILES string of the molecule is COCCOc1ncccc1NC(=O)c1ccc(NS(=O)(=O)c2cc(C)ccc2C)cc1. The van der Waals surface area contributed by atoms with Crippen molar-refractivity contribution in [1.82, 2.24) is 4.98 Å². The van der Waals surface area contributed by atoms with Gasteiger partial charge in [-0.05, 0) is 67.4 Å². The van der Waals surface area contributed by atoms with Crippen molar-refractivity contribution in [2.45, 2.75) is 18.7 Å². The number of methoxy groups -OCH3 is 1. The van der Waals surface area contributed by atoms with E-state index in [1.54, 1.807) is 44.5 Å². The summed E-state index contributed by atoms with van der Waals surface area (Å²) in [6, 6.07) is 14.8. The van der Waals surface area contributed by atoms with Crippen LogP contribution in [0.4, 0.5) is 11.4 Å². The van der Waals surface area contributed by atoms with Gasteiger partial charge in [-0.3, -0.25) is 9.52 Å². The molecule has 168 valence electrons. The molecular weight excluding hydrogens is 430 g/mol. The molecule has 9 heteroatoms. The lowest BCUT2D eigenvalue weighted by atomic mass is 10.2. The fourth-order valence-electron chi connectivity index (χ4n) is 2.91. The van der Waals surface area contributed by atoms with Crippen LogP contribution in [-0.4, -0.2) is 39.6 Å². The smallest absolute Gasteiger partial charge is 0.262 e. The van der Waals surface area contributed by atoms with Crippen molar-refractivity contribution in [3.63, 3.8) is 0 Å². The van der Waals surface area contributed by atoms with Gasteiger partial charge in [0.05, 0.1) is 11.5 Å². The number of nitrogens with zero attached hydrogens (tertiary/aromatic N) is 1. The van der Waals surface area contributed by atoms with Gasteiger partial charge >= 0.3 is 0 Å². The van der Waals surface area contributed by atoms with Crippen LogP contribution in [0.15, 0.2) is 65.7 Å². The quantitative estimate of drug-likeness (QED) is 0.476. The minimum absolute atomic E-state index is 0.219. The molecule has 0 aliphatic rings. The Hall–Kier alpha value is -3.43. The Labute approximate surface area is 187 Å². The molecule has 8 nitrogen and oxygen atoms in total. The second-order valence-electron chi connectivity index (χ2n) is 7.10. The molecule has 1 amide bonds. The Morgan fingerprint density at radius 2 is 1.78 bits per heavy atom. The van der Waals surface area contributed by atoms with Gasteiger partial charge in [-0.1, -0.05) is 12.1 Å². The maximum atomic E-state index is 12.8. The van der Waals surface area contributed by atoms with E-state index in [9.17, 15) is 13.2 Å². The van der Waals surface area contributed by atoms with Crippen LogP contribution in [0.5, 0.6) is 5.88 Å². The van der Waals surface area contributed by atoms with E-state index in [1.807, 2.05) is 13.0 Å². The molecule has 0 aliphatic heterocycles. The van der Waals surface area contributed by atoms with E-state index in [-0.39, 0.29) is 16.7 Å². The number of hydrogen-bond acceptors (Lipinski definition) is 6. The van der Waals surface area contributed by atoms with Crippen molar-refractivity contribution in [1.29, 1.82) is 0 Å². The molecule has 0 radical (unpaired) electrons. The summed E-state index contributed by atoms with van der Waals surface area (Å²) in [5, 5.41) is 2.76. The summed E-state index contributed by atoms with van der Waals surface area (Å²) in [5.41, 5.74) is 2.63. The highest BCUT2D eigenvalue weighted by molar-refractivity contribution is 7.92. The van der Waals surface area contributed by atoms with Gasteiger partial charge in [-0.2, -0.15) is 0 Å². The molecule has 32 heavy (non-hydrogen) atoms. The van der Waals surface area contributed by atoms with Crippen molar-refractivity contribution in [3.8, 4) is 5.88 Å². The van der Waals surface area contributed by atoms with Crippen LogP contribution in [0.25, 0.3) is 0 Å². The zero-order valence-corrected chi connectivity index (χ0v) is 18.9. The van der Waals surface area contributed by atoms with Crippen LogP contribution < -0.4 is 14.8 Å². The Morgan fingerprint density at radius 1 is 1.03 bits per heavy atom. The van der Waals surface area contributed by atoms with Gasteiger partial charge in [0.1, 0.15) is 12.3 Å². The number of nitrogens with one attached hydrogen (secondary N) is 2. The maximum Gasteiger partial charge on any atom is 0.262 e. The van der Waals surface area contributed by atoms with E-state index in [0.29, 0.717) is 35.7 Å². The van der Waals surface area contributed by atoms with Crippen molar-refractivity contribution in [2.75, 3.05) is 30.4 Å². The largest absolute Gasteiger partial charge is 0.474 e. The average molecular weight is 456 g/mol. The van der Waals surface area contributed by atoms with Gasteiger partial charge in [-0.25, -0.2) is 13.4 Å². The minimum Gasteiger partial charge on any atom is -0.474 e. The van der Waals surface area contributed by atoms with Crippen LogP contribution >= 0.6 is 0 Å². The second-order valence-corrected chi connectivity index (χ2v) is 8.75. The average Bonchev–Trinajstić information content (AvgIpc) is 2.77. The summed E-state index contributed by atoms with van der Waals surface area (Å²) in [7, 11) is -2.18. The molecular formula is C23H25N3O5S. The standard InChI is InChI=1S/C23H25N3O5S/c1-16-6-7-17(2)21(15-16)32(28,29)26-19-10-8-18(9-11-19)22(27)25-20-5-4-12-24-23(20)31-14-13-30-3/h4-12,15,26H,13-14H2,1-3H3,(H,25,27). The first-order valence-corrected chi connectivity index (χ1v) is 11.4. The summed E-state index contributed by atoms with van der Waals surface area (Å²) >= 11 is 0. The number of amides is 1. The summed E-state index contributed by atoms with van der Waals surface area (Å²) in [5.74, 6) is -0.0886. The predicted octanol–water partition coefficient (Wildman–Crippen LogP) is 3.78. The highest BCUT2D eigenvalue weighted by atomic mass is 32.2. The summed E-state index contributed by atoms with van der Waals surface area (Å²) < 4.78 is 38.5. The molecule has 0 fully saturated rings. The molecule has 2 aromatic carbocycles. The van der Waals surface area contributed by atoms with Crippen LogP contribution in [-0.2, 0) is 14.8 Å². The predicted molar refractivity (Wildman–Crippen MR) is 123 cm³/mol. The van der Waals surface area contributed by atoms with Crippen molar-refractivity contribution in [2.24, 2.45) is 0 Å². The zero-order chi connectivity index (χ0) is 23.1. The number of benzene rings is 2. The van der Waals surface area contributed by atoms with Crippen LogP contribution in [0.1, 0.15) is 21.5 Å². The van der Waals surface area contributed by atoms with E-state index in [0.717, 1.165) is 5.56 Å². The normalized spacial score (nSPS) is 11.1. The molecule has 0 bridgehead atoms. The zero-order valence-electron chi connectivity index (χ0n) is 18.1. The van der Waals surface area contributed by atoms with Crippen molar-refractivity contribution >= 4 is 27.3 Å². The fourth-order valence-corrected chi connectivity index (χ4v) is 4.30. The third-order valence-electron chi connectivity index (χ3n) is 4.58. The molecule has 0 unspecified atom stereocenters. The summed E-state index contributed by atoms with van der Waals surface area (Å²) in [4.78, 5) is 17.0. The van der Waals surface area contributed by atoms with E-state index in [1.165, 1.54) is 24.3 Å². The fraction of sp³-hybridized carbons (Fsp3) is 0.217. The van der Waals surface area contributed by atoms with Gasteiger partial charge in [0.15, 0.2) is 0 Å². The lowest BCUT2D eigenvalue weighted by molar-refractivity contribution is 0.102. The van der Waals surface area contributed by atoms with Gasteiger partial charge in [0.25, 0.3) is 15.9 Å². The Bertz CT molecular complexity index is 1190. The molecule has 2 N–H and O–H groups in total. The number of ether oxygens (including phenoxy) is 2. The van der Waals surface area contributed by atoms with Crippen LogP contribution in [0.2, 0.25) is 0 Å². The molecule has 3 aromatic rings. The highest BCUT2D eigenvalue weighted by Crippen LogP contribution is 2.23. The third-order valence-corrected chi connectivity index (χ3v) is 6.10. The number of pyridine rings is 1. The summed E-state index contributed by atoms with van der Waals surface area (Å²) in [6.07, 6.45) is 1.56. The van der Waals surface area contributed by atoms with Crippen LogP contribution in [0, 0.1) is 13.8 Å². The van der Waals surface area contributed by atoms with E-state index < -0.39 is 10.0 Å². The van der Waals surface area contributed by atoms with Crippen molar-refractivity contribution < 1.29 is 22.7 Å². The molecule has 0 saturated heterocycles. The number of sulfonamides is 1. The minimum atomic E-state index is -3.75. The van der Waals surface area contributed by atoms with E-state index >= 15 is 0 Å². The van der Waals surface area contributed by atoms with Gasteiger partial charge in [-0.15, -0.1) is 0 Å².